The quantitative estimate of drug-likeness (QED) is 0.421. The molecule has 0 fully saturated rings. The van der Waals surface area contributed by atoms with Gasteiger partial charge in [-0.25, -0.2) is 0 Å². The van der Waals surface area contributed by atoms with Gasteiger partial charge in [-0.2, -0.15) is 25.3 Å². The first-order chi connectivity index (χ1) is 4.24. The first kappa shape index (κ1) is 22.5. The van der Waals surface area contributed by atoms with Crippen LogP contribution in [0.2, 0.25) is 0 Å². The zero-order valence-electron chi connectivity index (χ0n) is 4.25. The van der Waals surface area contributed by atoms with Crippen molar-refractivity contribution in [3.8, 4) is 0 Å². The summed E-state index contributed by atoms with van der Waals surface area (Å²) in [7, 11) is 0. The summed E-state index contributed by atoms with van der Waals surface area (Å²) in [6.07, 6.45) is 0. The third kappa shape index (κ3) is 6890000. The van der Waals surface area contributed by atoms with Crippen LogP contribution in [0.1, 0.15) is 0 Å². The fraction of sp³-hybridized carbons (Fsp3) is 0. The van der Waals surface area contributed by atoms with Gasteiger partial charge in [-0.1, -0.05) is 0 Å². The Hall–Kier alpha value is -0.00753. The zero-order chi connectivity index (χ0) is 8.12. The fourth-order valence-electron chi connectivity index (χ4n) is 0. The molecular formula is AlO6S3+3. The van der Waals surface area contributed by atoms with E-state index in [1.165, 1.54) is 0 Å². The molecule has 0 aliphatic rings. The molecule has 54 valence electrons. The predicted octanol–water partition coefficient (Wildman–Crippen LogP) is -2.39. The topological polar surface area (TPSA) is 102 Å². The van der Waals surface area contributed by atoms with E-state index in [0.29, 0.717) is 0 Å². The van der Waals surface area contributed by atoms with Crippen LogP contribution >= 0.6 is 0 Å². The first-order valence-electron chi connectivity index (χ1n) is 1.00. The second-order valence-corrected chi connectivity index (χ2v) is 0.612. The summed E-state index contributed by atoms with van der Waals surface area (Å²) >= 11 is -2.25. The molecule has 0 amide bonds. The maximum Gasteiger partial charge on any atom is 3.00 e. The van der Waals surface area contributed by atoms with E-state index in [4.69, 9.17) is 25.3 Å². The summed E-state index contributed by atoms with van der Waals surface area (Å²) in [5.41, 5.74) is 0. The van der Waals surface area contributed by atoms with Crippen molar-refractivity contribution in [3.63, 3.8) is 0 Å². The van der Waals surface area contributed by atoms with Crippen LogP contribution in [-0.2, 0) is 34.7 Å². The molecule has 0 aromatic carbocycles. The van der Waals surface area contributed by atoms with E-state index >= 15 is 0 Å². The first-order valence-corrected chi connectivity index (χ1v) is 3.00. The molecule has 0 rings (SSSR count). The van der Waals surface area contributed by atoms with Gasteiger partial charge < -0.3 is 0 Å². The standard InChI is InChI=1S/Al.3O2S/c;3*1-3-2/q+3;;;. The Bertz CT molecular complexity index is 105. The fourth-order valence-corrected chi connectivity index (χ4v) is 0. The number of rotatable bonds is 0. The molecule has 0 spiro atoms. The molecule has 0 aliphatic heterocycles. The average Bonchev–Trinajstić information content (AvgIpc) is 1.70. The van der Waals surface area contributed by atoms with Crippen molar-refractivity contribution in [2.24, 2.45) is 0 Å². The van der Waals surface area contributed by atoms with Gasteiger partial charge in [-0.3, -0.25) is 0 Å². The van der Waals surface area contributed by atoms with E-state index < -0.39 is 34.7 Å². The minimum absolute atomic E-state index is 0. The van der Waals surface area contributed by atoms with Gasteiger partial charge in [0.1, 0.15) is 0 Å². The van der Waals surface area contributed by atoms with Crippen LogP contribution in [0.5, 0.6) is 0 Å². The molecule has 0 saturated heterocycles. The largest absolute Gasteiger partial charge is 3.00 e. The summed E-state index contributed by atoms with van der Waals surface area (Å²) in [5.74, 6) is 0. The third-order valence-corrected chi connectivity index (χ3v) is 0. The Morgan fingerprint density at radius 1 is 0.500 bits per heavy atom. The Morgan fingerprint density at radius 3 is 0.500 bits per heavy atom. The molecule has 10 heteroatoms. The van der Waals surface area contributed by atoms with Gasteiger partial charge in [0.05, 0.1) is 0 Å². The smallest absolute Gasteiger partial charge is 0.168 e. The summed E-state index contributed by atoms with van der Waals surface area (Å²) in [6.45, 7) is 0. The minimum atomic E-state index is -0.750. The minimum Gasteiger partial charge on any atom is -0.168 e. The van der Waals surface area contributed by atoms with Crippen molar-refractivity contribution in [2.45, 2.75) is 0 Å². The van der Waals surface area contributed by atoms with Gasteiger partial charge in [0.15, 0.2) is 0 Å². The molecule has 0 heterocycles. The molecule has 0 aromatic heterocycles. The van der Waals surface area contributed by atoms with Crippen LogP contribution in [-0.4, -0.2) is 42.6 Å². The summed E-state index contributed by atoms with van der Waals surface area (Å²) in [4.78, 5) is 0. The molecule has 0 radical (unpaired) electrons. The van der Waals surface area contributed by atoms with E-state index in [0.717, 1.165) is 0 Å². The molecule has 0 N–H and O–H groups in total. The molecule has 0 aliphatic carbocycles. The Labute approximate surface area is 77.3 Å². The molecule has 0 aromatic rings. The number of hydrogen-bond acceptors (Lipinski definition) is 6. The maximum absolute atomic E-state index is 8.29. The Kier molecular flexibility index (Phi) is 144. The van der Waals surface area contributed by atoms with Crippen LogP contribution in [0, 0.1) is 0 Å². The third-order valence-electron chi connectivity index (χ3n) is 0. The van der Waals surface area contributed by atoms with E-state index in [1.807, 2.05) is 0 Å². The van der Waals surface area contributed by atoms with Crippen LogP contribution in [0.15, 0.2) is 0 Å². The van der Waals surface area contributed by atoms with Gasteiger partial charge in [0.2, 0.25) is 0 Å². The summed E-state index contributed by atoms with van der Waals surface area (Å²) in [5, 5.41) is 0. The predicted molar refractivity (Wildman–Crippen MR) is 32.5 cm³/mol. The number of hydrogen-bond donors (Lipinski definition) is 0. The van der Waals surface area contributed by atoms with Crippen LogP contribution in [0.4, 0.5) is 0 Å². The van der Waals surface area contributed by atoms with Gasteiger partial charge in [0.25, 0.3) is 0 Å². The molecule has 0 unspecified atom stereocenters. The van der Waals surface area contributed by atoms with Gasteiger partial charge in [0, 0.05) is 0 Å². The van der Waals surface area contributed by atoms with Crippen molar-refractivity contribution in [1.82, 2.24) is 0 Å². The van der Waals surface area contributed by atoms with Crippen LogP contribution in [0.3, 0.4) is 0 Å². The van der Waals surface area contributed by atoms with Gasteiger partial charge >= 0.3 is 52.1 Å². The molecule has 6 nitrogen and oxygen atoms in total. The second kappa shape index (κ2) is 64.1. The zero-order valence-corrected chi connectivity index (χ0v) is 7.86. The van der Waals surface area contributed by atoms with Crippen LogP contribution in [0.25, 0.3) is 0 Å². The van der Waals surface area contributed by atoms with Gasteiger partial charge in [-0.15, -0.1) is 0 Å². The molecule has 10 heavy (non-hydrogen) atoms. The van der Waals surface area contributed by atoms with Crippen molar-refractivity contribution < 1.29 is 25.3 Å². The Balaban J connectivity index is -0.0000000257. The van der Waals surface area contributed by atoms with E-state index in [9.17, 15) is 0 Å². The van der Waals surface area contributed by atoms with E-state index in [2.05, 4.69) is 0 Å². The SMILES string of the molecule is O=S=O.O=S=O.O=S=O.[Al+3]. The Morgan fingerprint density at radius 2 is 0.500 bits per heavy atom. The molecular weight excluding hydrogens is 219 g/mol. The normalized spacial score (nSPS) is 3.60. The molecule has 0 saturated carbocycles. The summed E-state index contributed by atoms with van der Waals surface area (Å²) in [6, 6.07) is 0. The van der Waals surface area contributed by atoms with Crippen molar-refractivity contribution in [3.05, 3.63) is 0 Å². The molecule has 0 bridgehead atoms. The molecule has 0 atom stereocenters. The van der Waals surface area contributed by atoms with Crippen molar-refractivity contribution in [2.75, 3.05) is 0 Å². The van der Waals surface area contributed by atoms with Crippen molar-refractivity contribution in [1.29, 1.82) is 0 Å². The monoisotopic (exact) mass is 219 g/mol. The second-order valence-electron chi connectivity index (χ2n) is 0.204. The van der Waals surface area contributed by atoms with Crippen molar-refractivity contribution >= 4 is 52.1 Å². The maximum atomic E-state index is 8.29. The van der Waals surface area contributed by atoms with Gasteiger partial charge in [-0.05, 0) is 0 Å². The average molecular weight is 219 g/mol. The van der Waals surface area contributed by atoms with E-state index in [1.54, 1.807) is 0 Å². The summed E-state index contributed by atoms with van der Waals surface area (Å²) < 4.78 is 49.7. The van der Waals surface area contributed by atoms with E-state index in [-0.39, 0.29) is 17.4 Å². The van der Waals surface area contributed by atoms with Crippen LogP contribution < -0.4 is 0 Å².